The van der Waals surface area contributed by atoms with Gasteiger partial charge in [0.15, 0.2) is 0 Å². The van der Waals surface area contributed by atoms with Crippen molar-refractivity contribution in [3.63, 3.8) is 0 Å². The van der Waals surface area contributed by atoms with Crippen LogP contribution < -0.4 is 15.4 Å². The van der Waals surface area contributed by atoms with Crippen molar-refractivity contribution in [3.8, 4) is 5.88 Å². The maximum Gasteiger partial charge on any atom is 0.232 e. The lowest BCUT2D eigenvalue weighted by Gasteiger charge is -2.18. The molecule has 0 aromatic carbocycles. The average molecular weight is 262 g/mol. The minimum absolute atomic E-state index is 0.00681. The van der Waals surface area contributed by atoms with Crippen LogP contribution in [0.5, 0.6) is 5.88 Å². The molecule has 0 spiro atoms. The molecule has 1 amide bonds. The highest BCUT2D eigenvalue weighted by Crippen LogP contribution is 2.33. The highest BCUT2D eigenvalue weighted by molar-refractivity contribution is 5.91. The van der Waals surface area contributed by atoms with Crippen molar-refractivity contribution in [2.24, 2.45) is 5.92 Å². The molecule has 2 bridgehead atoms. The average Bonchev–Trinajstić information content (AvgIpc) is 3.00. The van der Waals surface area contributed by atoms with Gasteiger partial charge in [0.05, 0.1) is 13.0 Å². The highest BCUT2D eigenvalue weighted by atomic mass is 16.5. The monoisotopic (exact) mass is 262 g/mol. The molecule has 6 nitrogen and oxygen atoms in total. The van der Waals surface area contributed by atoms with Crippen molar-refractivity contribution >= 4 is 11.9 Å². The van der Waals surface area contributed by atoms with Crippen LogP contribution in [0, 0.1) is 12.8 Å². The zero-order valence-electron chi connectivity index (χ0n) is 11.1. The number of amides is 1. The second kappa shape index (κ2) is 4.77. The van der Waals surface area contributed by atoms with E-state index in [1.165, 1.54) is 6.42 Å². The van der Waals surface area contributed by atoms with Crippen molar-refractivity contribution in [1.82, 2.24) is 15.3 Å². The molecule has 3 heterocycles. The number of aromatic nitrogens is 2. The summed E-state index contributed by atoms with van der Waals surface area (Å²) in [4.78, 5) is 20.6. The van der Waals surface area contributed by atoms with Crippen molar-refractivity contribution in [3.05, 3.63) is 11.8 Å². The predicted molar refractivity (Wildman–Crippen MR) is 70.0 cm³/mol. The molecule has 2 N–H and O–H groups in total. The Morgan fingerprint density at radius 2 is 2.32 bits per heavy atom. The van der Waals surface area contributed by atoms with E-state index < -0.39 is 0 Å². The molecule has 3 unspecified atom stereocenters. The number of carbonyl (C=O) groups is 1. The number of hydrogen-bond acceptors (Lipinski definition) is 5. The Labute approximate surface area is 112 Å². The quantitative estimate of drug-likeness (QED) is 0.845. The van der Waals surface area contributed by atoms with Gasteiger partial charge in [-0.3, -0.25) is 10.1 Å². The van der Waals surface area contributed by atoms with E-state index in [1.807, 2.05) is 6.92 Å². The van der Waals surface area contributed by atoms with E-state index in [2.05, 4.69) is 20.6 Å². The molecule has 3 rings (SSSR count). The molecule has 2 fully saturated rings. The first-order chi connectivity index (χ1) is 9.15. The first kappa shape index (κ1) is 12.3. The normalized spacial score (nSPS) is 28.4. The van der Waals surface area contributed by atoms with Crippen molar-refractivity contribution < 1.29 is 9.53 Å². The molecule has 19 heavy (non-hydrogen) atoms. The van der Waals surface area contributed by atoms with Gasteiger partial charge >= 0.3 is 0 Å². The van der Waals surface area contributed by atoms with Gasteiger partial charge in [-0.05, 0) is 26.2 Å². The number of methoxy groups -OCH3 is 1. The SMILES string of the molecule is COc1cc(C)nc(NC(=O)C2CC3CCC2N3)n1. The van der Waals surface area contributed by atoms with Gasteiger partial charge in [-0.1, -0.05) is 0 Å². The lowest BCUT2D eigenvalue weighted by atomic mass is 9.88. The summed E-state index contributed by atoms with van der Waals surface area (Å²) in [6.45, 7) is 1.85. The molecule has 3 atom stereocenters. The third kappa shape index (κ3) is 2.40. The summed E-state index contributed by atoms with van der Waals surface area (Å²) >= 11 is 0. The van der Waals surface area contributed by atoms with E-state index in [0.29, 0.717) is 23.9 Å². The van der Waals surface area contributed by atoms with E-state index >= 15 is 0 Å². The summed E-state index contributed by atoms with van der Waals surface area (Å²) in [5.74, 6) is 0.833. The smallest absolute Gasteiger partial charge is 0.232 e. The number of nitrogens with one attached hydrogen (secondary N) is 2. The fourth-order valence-corrected chi connectivity index (χ4v) is 3.02. The van der Waals surface area contributed by atoms with Crippen LogP contribution in [0.1, 0.15) is 25.0 Å². The fraction of sp³-hybridized carbons (Fsp3) is 0.615. The lowest BCUT2D eigenvalue weighted by molar-refractivity contribution is -0.120. The largest absolute Gasteiger partial charge is 0.481 e. The summed E-state index contributed by atoms with van der Waals surface area (Å²) in [6.07, 6.45) is 3.18. The van der Waals surface area contributed by atoms with E-state index in [4.69, 9.17) is 4.74 Å². The van der Waals surface area contributed by atoms with E-state index in [-0.39, 0.29) is 11.8 Å². The molecule has 0 saturated carbocycles. The summed E-state index contributed by atoms with van der Waals surface area (Å²) in [5, 5.41) is 6.26. The number of anilines is 1. The van der Waals surface area contributed by atoms with E-state index in [9.17, 15) is 4.79 Å². The molecule has 6 heteroatoms. The number of fused-ring (bicyclic) bond motifs is 2. The van der Waals surface area contributed by atoms with E-state index in [0.717, 1.165) is 18.5 Å². The Balaban J connectivity index is 1.71. The van der Waals surface area contributed by atoms with Crippen LogP contribution in [-0.2, 0) is 4.79 Å². The molecule has 1 aromatic heterocycles. The zero-order chi connectivity index (χ0) is 13.4. The standard InChI is InChI=1S/C13H18N4O2/c1-7-5-11(19-2)16-13(14-7)17-12(18)9-6-8-3-4-10(9)15-8/h5,8-10,15H,3-4,6H2,1-2H3,(H,14,16,17,18). The number of nitrogens with zero attached hydrogens (tertiary/aromatic N) is 2. The maximum atomic E-state index is 12.2. The number of rotatable bonds is 3. The highest BCUT2D eigenvalue weighted by Gasteiger charge is 2.42. The predicted octanol–water partition coefficient (Wildman–Crippen LogP) is 0.873. The Bertz CT molecular complexity index is 505. The third-order valence-corrected chi connectivity index (χ3v) is 3.91. The second-order valence-corrected chi connectivity index (χ2v) is 5.25. The van der Waals surface area contributed by atoms with Crippen LogP contribution in [0.15, 0.2) is 6.07 Å². The Morgan fingerprint density at radius 1 is 1.47 bits per heavy atom. The van der Waals surface area contributed by atoms with Crippen molar-refractivity contribution in [2.75, 3.05) is 12.4 Å². The Kier molecular flexibility index (Phi) is 3.10. The second-order valence-electron chi connectivity index (χ2n) is 5.25. The topological polar surface area (TPSA) is 76.1 Å². The first-order valence-corrected chi connectivity index (χ1v) is 6.62. The minimum Gasteiger partial charge on any atom is -0.481 e. The summed E-state index contributed by atoms with van der Waals surface area (Å²) in [6, 6.07) is 2.56. The van der Waals surface area contributed by atoms with Crippen LogP contribution in [-0.4, -0.2) is 35.1 Å². The van der Waals surface area contributed by atoms with Crippen LogP contribution in [0.25, 0.3) is 0 Å². The van der Waals surface area contributed by atoms with E-state index in [1.54, 1.807) is 13.2 Å². The molecule has 102 valence electrons. The van der Waals surface area contributed by atoms with Gasteiger partial charge in [0, 0.05) is 23.8 Å². The molecule has 0 aliphatic carbocycles. The van der Waals surface area contributed by atoms with Crippen LogP contribution in [0.4, 0.5) is 5.95 Å². The zero-order valence-corrected chi connectivity index (χ0v) is 11.1. The fourth-order valence-electron chi connectivity index (χ4n) is 3.02. The van der Waals surface area contributed by atoms with Gasteiger partial charge in [-0.15, -0.1) is 0 Å². The van der Waals surface area contributed by atoms with Gasteiger partial charge in [0.2, 0.25) is 17.7 Å². The van der Waals surface area contributed by atoms with Crippen LogP contribution >= 0.6 is 0 Å². The molecule has 2 saturated heterocycles. The first-order valence-electron chi connectivity index (χ1n) is 6.62. The number of ether oxygens (including phenoxy) is 1. The third-order valence-electron chi connectivity index (χ3n) is 3.91. The van der Waals surface area contributed by atoms with Crippen LogP contribution in [0.2, 0.25) is 0 Å². The lowest BCUT2D eigenvalue weighted by Crippen LogP contribution is -2.33. The van der Waals surface area contributed by atoms with Gasteiger partial charge in [0.1, 0.15) is 0 Å². The minimum atomic E-state index is 0.00681. The molecule has 2 aliphatic rings. The van der Waals surface area contributed by atoms with Gasteiger partial charge in [-0.25, -0.2) is 4.98 Å². The Hall–Kier alpha value is -1.69. The van der Waals surface area contributed by atoms with Crippen LogP contribution in [0.3, 0.4) is 0 Å². The molecule has 2 aliphatic heterocycles. The van der Waals surface area contributed by atoms with Gasteiger partial charge in [-0.2, -0.15) is 4.98 Å². The molecular weight excluding hydrogens is 244 g/mol. The molecule has 0 radical (unpaired) electrons. The summed E-state index contributed by atoms with van der Waals surface area (Å²) in [7, 11) is 1.55. The number of carbonyl (C=O) groups excluding carboxylic acids is 1. The van der Waals surface area contributed by atoms with Crippen molar-refractivity contribution in [1.29, 1.82) is 0 Å². The summed E-state index contributed by atoms with van der Waals surface area (Å²) < 4.78 is 5.08. The van der Waals surface area contributed by atoms with Gasteiger partial charge in [0.25, 0.3) is 0 Å². The number of aryl methyl sites for hydroxylation is 1. The maximum absolute atomic E-state index is 12.2. The van der Waals surface area contributed by atoms with Crippen molar-refractivity contribution in [2.45, 2.75) is 38.3 Å². The molecular formula is C13H18N4O2. The number of hydrogen-bond donors (Lipinski definition) is 2. The molecule has 1 aromatic rings. The Morgan fingerprint density at radius 3 is 2.95 bits per heavy atom. The summed E-state index contributed by atoms with van der Waals surface area (Å²) in [5.41, 5.74) is 0.771. The van der Waals surface area contributed by atoms with Gasteiger partial charge < -0.3 is 10.1 Å².